The number of halogens is 1. The van der Waals surface area contributed by atoms with Crippen LogP contribution in [0, 0.1) is 22.7 Å². The number of rotatable bonds is 1. The number of allylic oxidation sites excluding steroid dienone is 1. The molecule has 0 amide bonds. The average Bonchev–Trinajstić information content (AvgIpc) is 2.24. The molecule has 2 aliphatic rings. The zero-order valence-corrected chi connectivity index (χ0v) is 12.7. The zero-order valence-electron chi connectivity index (χ0n) is 11.1. The van der Waals surface area contributed by atoms with Crippen molar-refractivity contribution in [3.05, 3.63) is 12.2 Å². The smallest absolute Gasteiger partial charge is 0.127 e. The summed E-state index contributed by atoms with van der Waals surface area (Å²) in [6.45, 7) is 11.1. The number of hydrogen-bond acceptors (Lipinski definition) is 1. The first kappa shape index (κ1) is 13.3. The van der Waals surface area contributed by atoms with Crippen molar-refractivity contribution in [2.24, 2.45) is 22.7 Å². The molecule has 2 fully saturated rings. The number of aldehydes is 1. The van der Waals surface area contributed by atoms with Crippen molar-refractivity contribution < 1.29 is 4.79 Å². The Balaban J connectivity index is 2.40. The van der Waals surface area contributed by atoms with Crippen LogP contribution in [0.15, 0.2) is 12.2 Å². The van der Waals surface area contributed by atoms with Crippen LogP contribution >= 0.6 is 15.9 Å². The first-order chi connectivity index (χ1) is 7.84. The van der Waals surface area contributed by atoms with Crippen LogP contribution in [-0.2, 0) is 4.79 Å². The van der Waals surface area contributed by atoms with E-state index in [1.165, 1.54) is 6.42 Å². The maximum absolute atomic E-state index is 11.5. The highest BCUT2D eigenvalue weighted by Gasteiger charge is 2.55. The zero-order chi connectivity index (χ0) is 12.8. The van der Waals surface area contributed by atoms with Crippen molar-refractivity contribution in [3.8, 4) is 0 Å². The lowest BCUT2D eigenvalue weighted by molar-refractivity contribution is -0.120. The van der Waals surface area contributed by atoms with Gasteiger partial charge in [-0.2, -0.15) is 0 Å². The van der Waals surface area contributed by atoms with Gasteiger partial charge in [-0.3, -0.25) is 0 Å². The molecule has 0 aromatic carbocycles. The molecule has 0 radical (unpaired) electrons. The Labute approximate surface area is 113 Å². The number of alkyl halides is 1. The van der Waals surface area contributed by atoms with Gasteiger partial charge in [-0.1, -0.05) is 48.9 Å². The molecule has 0 unspecified atom stereocenters. The van der Waals surface area contributed by atoms with E-state index in [-0.39, 0.29) is 16.7 Å². The monoisotopic (exact) mass is 298 g/mol. The second kappa shape index (κ2) is 4.22. The van der Waals surface area contributed by atoms with E-state index in [0.717, 1.165) is 31.1 Å². The van der Waals surface area contributed by atoms with Gasteiger partial charge in [0.05, 0.1) is 0 Å². The number of carbonyl (C=O) groups is 1. The summed E-state index contributed by atoms with van der Waals surface area (Å²) >= 11 is 3.84. The van der Waals surface area contributed by atoms with Crippen molar-refractivity contribution in [2.75, 3.05) is 0 Å². The van der Waals surface area contributed by atoms with Gasteiger partial charge in [0.25, 0.3) is 0 Å². The lowest BCUT2D eigenvalue weighted by atomic mass is 9.48. The fourth-order valence-corrected chi connectivity index (χ4v) is 4.88. The van der Waals surface area contributed by atoms with Gasteiger partial charge in [0.15, 0.2) is 0 Å². The van der Waals surface area contributed by atoms with Crippen LogP contribution in [0.5, 0.6) is 0 Å². The van der Waals surface area contributed by atoms with Crippen molar-refractivity contribution in [1.82, 2.24) is 0 Å². The Kier molecular flexibility index (Phi) is 3.31. The molecular weight excluding hydrogens is 276 g/mol. The third-order valence-electron chi connectivity index (χ3n) is 5.48. The normalized spacial score (nSPS) is 45.2. The van der Waals surface area contributed by atoms with E-state index >= 15 is 0 Å². The van der Waals surface area contributed by atoms with Crippen LogP contribution in [-0.4, -0.2) is 11.1 Å². The summed E-state index contributed by atoms with van der Waals surface area (Å²) in [4.78, 5) is 12.0. The Hall–Kier alpha value is -0.110. The van der Waals surface area contributed by atoms with Crippen molar-refractivity contribution >= 4 is 22.2 Å². The van der Waals surface area contributed by atoms with Gasteiger partial charge in [0, 0.05) is 10.7 Å². The standard InChI is InChI=1S/C15H23BrO/c1-10-5-6-12-14(2,3)13(16)7-8-15(12,4)11(10)9-17/h9,11-13H,1,5-8H2,2-4H3/t11-,12-,13-,15+/m0/s1. The molecule has 17 heavy (non-hydrogen) atoms. The van der Waals surface area contributed by atoms with E-state index < -0.39 is 0 Å². The van der Waals surface area contributed by atoms with E-state index in [1.807, 2.05) is 0 Å². The molecule has 0 aromatic rings. The third kappa shape index (κ3) is 1.83. The molecule has 0 aliphatic heterocycles. The summed E-state index contributed by atoms with van der Waals surface area (Å²) in [5, 5.41) is 0. The van der Waals surface area contributed by atoms with Crippen LogP contribution in [0.25, 0.3) is 0 Å². The van der Waals surface area contributed by atoms with Crippen LogP contribution in [0.4, 0.5) is 0 Å². The van der Waals surface area contributed by atoms with Gasteiger partial charge in [-0.15, -0.1) is 0 Å². The second-order valence-corrected chi connectivity index (χ2v) is 7.80. The second-order valence-electron chi connectivity index (χ2n) is 6.70. The topological polar surface area (TPSA) is 17.1 Å². The SMILES string of the molecule is C=C1CC[C@H]2C(C)(C)[C@@H](Br)CC[C@]2(C)[C@H]1C=O. The van der Waals surface area contributed by atoms with E-state index in [9.17, 15) is 4.79 Å². The summed E-state index contributed by atoms with van der Waals surface area (Å²) in [7, 11) is 0. The summed E-state index contributed by atoms with van der Waals surface area (Å²) in [6, 6.07) is 0. The Morgan fingerprint density at radius 3 is 2.59 bits per heavy atom. The number of hydrogen-bond donors (Lipinski definition) is 0. The molecule has 0 bridgehead atoms. The Morgan fingerprint density at radius 1 is 1.35 bits per heavy atom. The van der Waals surface area contributed by atoms with Crippen molar-refractivity contribution in [2.45, 2.75) is 51.3 Å². The van der Waals surface area contributed by atoms with E-state index in [2.05, 4.69) is 43.3 Å². The summed E-state index contributed by atoms with van der Waals surface area (Å²) in [6.07, 6.45) is 5.66. The minimum Gasteiger partial charge on any atom is -0.303 e. The van der Waals surface area contributed by atoms with Crippen LogP contribution < -0.4 is 0 Å². The minimum atomic E-state index is 0.0699. The van der Waals surface area contributed by atoms with Gasteiger partial charge in [0.1, 0.15) is 6.29 Å². The third-order valence-corrected chi connectivity index (χ3v) is 7.12. The lowest BCUT2D eigenvalue weighted by Gasteiger charge is -2.58. The molecule has 1 nitrogen and oxygen atoms in total. The fraction of sp³-hybridized carbons (Fsp3) is 0.800. The molecule has 4 atom stereocenters. The van der Waals surface area contributed by atoms with Crippen molar-refractivity contribution in [1.29, 1.82) is 0 Å². The number of fused-ring (bicyclic) bond motifs is 1. The lowest BCUT2D eigenvalue weighted by Crippen LogP contribution is -2.53. The highest BCUT2D eigenvalue weighted by molar-refractivity contribution is 9.09. The maximum atomic E-state index is 11.5. The summed E-state index contributed by atoms with van der Waals surface area (Å²) < 4.78 is 0. The molecule has 2 saturated carbocycles. The van der Waals surface area contributed by atoms with Gasteiger partial charge >= 0.3 is 0 Å². The Morgan fingerprint density at radius 2 is 2.00 bits per heavy atom. The van der Waals surface area contributed by atoms with Crippen LogP contribution in [0.2, 0.25) is 0 Å². The van der Waals surface area contributed by atoms with Crippen LogP contribution in [0.1, 0.15) is 46.5 Å². The average molecular weight is 299 g/mol. The quantitative estimate of drug-likeness (QED) is 0.399. The molecule has 0 N–H and O–H groups in total. The van der Waals surface area contributed by atoms with Crippen LogP contribution in [0.3, 0.4) is 0 Å². The van der Waals surface area contributed by atoms with E-state index in [0.29, 0.717) is 10.7 Å². The Bertz CT molecular complexity index is 347. The minimum absolute atomic E-state index is 0.0699. The summed E-state index contributed by atoms with van der Waals surface area (Å²) in [5.74, 6) is 0.689. The number of carbonyl (C=O) groups excluding carboxylic acids is 1. The molecule has 2 heteroatoms. The molecular formula is C15H23BrO. The van der Waals surface area contributed by atoms with Gasteiger partial charge in [-0.25, -0.2) is 0 Å². The molecule has 0 heterocycles. The highest BCUT2D eigenvalue weighted by Crippen LogP contribution is 2.61. The van der Waals surface area contributed by atoms with Gasteiger partial charge < -0.3 is 4.79 Å². The molecule has 96 valence electrons. The van der Waals surface area contributed by atoms with E-state index in [4.69, 9.17) is 0 Å². The molecule has 0 saturated heterocycles. The largest absolute Gasteiger partial charge is 0.303 e. The fourth-order valence-electron chi connectivity index (χ4n) is 4.33. The predicted octanol–water partition coefficient (Wildman–Crippen LogP) is 4.36. The molecule has 0 aromatic heterocycles. The van der Waals surface area contributed by atoms with E-state index in [1.54, 1.807) is 0 Å². The first-order valence-electron chi connectivity index (χ1n) is 6.61. The van der Waals surface area contributed by atoms with Gasteiger partial charge in [0.2, 0.25) is 0 Å². The highest BCUT2D eigenvalue weighted by atomic mass is 79.9. The predicted molar refractivity (Wildman–Crippen MR) is 75.3 cm³/mol. The molecule has 0 spiro atoms. The summed E-state index contributed by atoms with van der Waals surface area (Å²) in [5.41, 5.74) is 1.56. The van der Waals surface area contributed by atoms with Crippen molar-refractivity contribution in [3.63, 3.8) is 0 Å². The molecule has 2 aliphatic carbocycles. The van der Waals surface area contributed by atoms with Gasteiger partial charge in [-0.05, 0) is 42.4 Å². The first-order valence-corrected chi connectivity index (χ1v) is 7.52. The maximum Gasteiger partial charge on any atom is 0.127 e. The molecule has 2 rings (SSSR count).